The number of pyridine rings is 1. The number of hydrogen-bond acceptors (Lipinski definition) is 4. The number of nitrogens with zero attached hydrogens (tertiary/aromatic N) is 2. The summed E-state index contributed by atoms with van der Waals surface area (Å²) in [4.78, 5) is 41.2. The molecular weight excluding hydrogens is 360 g/mol. The van der Waals surface area contributed by atoms with Crippen LogP contribution in [0.2, 0.25) is 0 Å². The number of likely N-dealkylation sites (tertiary alicyclic amines) is 1. The van der Waals surface area contributed by atoms with E-state index in [2.05, 4.69) is 15.6 Å². The molecule has 1 atom stereocenters. The van der Waals surface area contributed by atoms with Crippen LogP contribution in [0.4, 0.5) is 10.5 Å². The van der Waals surface area contributed by atoms with Gasteiger partial charge in [0.05, 0.1) is 5.41 Å². The number of aromatic nitrogens is 1. The van der Waals surface area contributed by atoms with E-state index in [0.29, 0.717) is 24.2 Å². The van der Waals surface area contributed by atoms with E-state index in [9.17, 15) is 19.5 Å². The van der Waals surface area contributed by atoms with Gasteiger partial charge in [-0.25, -0.2) is 4.79 Å². The van der Waals surface area contributed by atoms with Gasteiger partial charge in [-0.2, -0.15) is 0 Å². The van der Waals surface area contributed by atoms with E-state index in [4.69, 9.17) is 0 Å². The standard InChI is InChI=1S/C20H22N4O4/c1-20(18(26)27)7-10-24(13-20)19(28)22-12-14-3-2-4-16(11-14)23-17(25)15-5-8-21-9-6-15/h2-6,8-9,11H,7,10,12-13H2,1H3,(H,22,28)(H,23,25)(H,26,27). The van der Waals surface area contributed by atoms with E-state index in [0.717, 1.165) is 5.56 Å². The number of hydrogen-bond donors (Lipinski definition) is 3. The number of urea groups is 1. The Morgan fingerprint density at radius 3 is 2.64 bits per heavy atom. The Morgan fingerprint density at radius 1 is 1.21 bits per heavy atom. The smallest absolute Gasteiger partial charge is 0.317 e. The molecule has 3 N–H and O–H groups in total. The molecule has 3 rings (SSSR count). The van der Waals surface area contributed by atoms with Gasteiger partial charge in [-0.15, -0.1) is 0 Å². The molecule has 1 aromatic carbocycles. The van der Waals surface area contributed by atoms with Gasteiger partial charge in [0.2, 0.25) is 0 Å². The maximum Gasteiger partial charge on any atom is 0.317 e. The number of anilines is 1. The molecule has 1 fully saturated rings. The van der Waals surface area contributed by atoms with Crippen molar-refractivity contribution in [2.75, 3.05) is 18.4 Å². The molecule has 1 unspecified atom stereocenters. The van der Waals surface area contributed by atoms with Crippen LogP contribution in [0, 0.1) is 5.41 Å². The molecule has 0 radical (unpaired) electrons. The Balaban J connectivity index is 1.56. The molecule has 0 saturated carbocycles. The predicted molar refractivity (Wildman–Crippen MR) is 103 cm³/mol. The van der Waals surface area contributed by atoms with Crippen LogP contribution < -0.4 is 10.6 Å². The molecule has 146 valence electrons. The Labute approximate surface area is 162 Å². The molecule has 28 heavy (non-hydrogen) atoms. The highest BCUT2D eigenvalue weighted by Gasteiger charge is 2.42. The van der Waals surface area contributed by atoms with Crippen molar-refractivity contribution in [1.82, 2.24) is 15.2 Å². The Hall–Kier alpha value is -3.42. The molecule has 0 bridgehead atoms. The minimum atomic E-state index is -0.894. The Kier molecular flexibility index (Phi) is 5.58. The van der Waals surface area contributed by atoms with Gasteiger partial charge in [-0.1, -0.05) is 12.1 Å². The summed E-state index contributed by atoms with van der Waals surface area (Å²) in [7, 11) is 0. The largest absolute Gasteiger partial charge is 0.481 e. The molecule has 8 nitrogen and oxygen atoms in total. The number of nitrogens with one attached hydrogen (secondary N) is 2. The van der Waals surface area contributed by atoms with Crippen LogP contribution in [-0.4, -0.2) is 46.0 Å². The first kappa shape index (κ1) is 19.3. The van der Waals surface area contributed by atoms with Gasteiger partial charge in [0, 0.05) is 43.3 Å². The number of carbonyl (C=O) groups is 3. The minimum Gasteiger partial charge on any atom is -0.481 e. The van der Waals surface area contributed by atoms with E-state index in [-0.39, 0.29) is 25.0 Å². The zero-order chi connectivity index (χ0) is 20.1. The molecule has 1 aromatic heterocycles. The lowest BCUT2D eigenvalue weighted by atomic mass is 9.90. The first-order valence-electron chi connectivity index (χ1n) is 8.94. The average molecular weight is 382 g/mol. The van der Waals surface area contributed by atoms with Crippen molar-refractivity contribution in [3.63, 3.8) is 0 Å². The topological polar surface area (TPSA) is 112 Å². The lowest BCUT2D eigenvalue weighted by Gasteiger charge is -2.20. The van der Waals surface area contributed by atoms with Crippen molar-refractivity contribution in [3.8, 4) is 0 Å². The average Bonchev–Trinajstić information content (AvgIpc) is 3.11. The number of carbonyl (C=O) groups excluding carboxylic acids is 2. The predicted octanol–water partition coefficient (Wildman–Crippen LogP) is 2.34. The second-order valence-electron chi connectivity index (χ2n) is 7.09. The van der Waals surface area contributed by atoms with Gasteiger partial charge < -0.3 is 20.6 Å². The van der Waals surface area contributed by atoms with E-state index in [1.807, 2.05) is 6.07 Å². The highest BCUT2D eigenvalue weighted by atomic mass is 16.4. The fraction of sp³-hybridized carbons (Fsp3) is 0.300. The van der Waals surface area contributed by atoms with Crippen molar-refractivity contribution in [2.24, 2.45) is 5.41 Å². The van der Waals surface area contributed by atoms with Crippen molar-refractivity contribution in [3.05, 3.63) is 59.9 Å². The first-order valence-corrected chi connectivity index (χ1v) is 8.94. The van der Waals surface area contributed by atoms with Crippen LogP contribution in [0.25, 0.3) is 0 Å². The van der Waals surface area contributed by atoms with E-state index < -0.39 is 11.4 Å². The summed E-state index contributed by atoms with van der Waals surface area (Å²) in [5, 5.41) is 14.9. The molecule has 2 heterocycles. The third-order valence-electron chi connectivity index (χ3n) is 4.85. The summed E-state index contributed by atoms with van der Waals surface area (Å²) in [6, 6.07) is 10.1. The fourth-order valence-corrected chi connectivity index (χ4v) is 3.06. The molecule has 1 saturated heterocycles. The molecule has 3 amide bonds. The number of carboxylic acids is 1. The summed E-state index contributed by atoms with van der Waals surface area (Å²) in [6.45, 7) is 2.53. The van der Waals surface area contributed by atoms with Gasteiger partial charge in [0.1, 0.15) is 0 Å². The van der Waals surface area contributed by atoms with Gasteiger partial charge in [-0.3, -0.25) is 14.6 Å². The van der Waals surface area contributed by atoms with Gasteiger partial charge in [0.25, 0.3) is 5.91 Å². The number of rotatable bonds is 5. The third kappa shape index (κ3) is 4.46. The zero-order valence-electron chi connectivity index (χ0n) is 15.5. The maximum atomic E-state index is 12.3. The number of amides is 3. The van der Waals surface area contributed by atoms with Gasteiger partial charge in [-0.05, 0) is 43.2 Å². The normalized spacial score (nSPS) is 18.5. The number of benzene rings is 1. The van der Waals surface area contributed by atoms with E-state index >= 15 is 0 Å². The molecule has 1 aliphatic rings. The lowest BCUT2D eigenvalue weighted by Crippen LogP contribution is -2.40. The van der Waals surface area contributed by atoms with E-state index in [1.54, 1.807) is 49.6 Å². The second-order valence-corrected chi connectivity index (χ2v) is 7.09. The summed E-state index contributed by atoms with van der Waals surface area (Å²) >= 11 is 0. The summed E-state index contributed by atoms with van der Waals surface area (Å²) in [6.07, 6.45) is 3.54. The minimum absolute atomic E-state index is 0.191. The molecule has 1 aliphatic heterocycles. The second kappa shape index (κ2) is 8.08. The van der Waals surface area contributed by atoms with Crippen molar-refractivity contribution in [1.29, 1.82) is 0 Å². The van der Waals surface area contributed by atoms with Gasteiger partial charge in [0.15, 0.2) is 0 Å². The van der Waals surface area contributed by atoms with Crippen LogP contribution >= 0.6 is 0 Å². The highest BCUT2D eigenvalue weighted by molar-refractivity contribution is 6.04. The van der Waals surface area contributed by atoms with Crippen LogP contribution in [0.5, 0.6) is 0 Å². The molecule has 0 aliphatic carbocycles. The highest BCUT2D eigenvalue weighted by Crippen LogP contribution is 2.30. The number of carboxylic acid groups (broad SMARTS) is 1. The lowest BCUT2D eigenvalue weighted by molar-refractivity contribution is -0.147. The fourth-order valence-electron chi connectivity index (χ4n) is 3.06. The molecule has 8 heteroatoms. The van der Waals surface area contributed by atoms with Crippen LogP contribution in [0.15, 0.2) is 48.8 Å². The Morgan fingerprint density at radius 2 is 1.96 bits per heavy atom. The van der Waals surface area contributed by atoms with Crippen molar-refractivity contribution < 1.29 is 19.5 Å². The van der Waals surface area contributed by atoms with Crippen LogP contribution in [0.1, 0.15) is 29.3 Å². The van der Waals surface area contributed by atoms with Gasteiger partial charge >= 0.3 is 12.0 Å². The summed E-state index contributed by atoms with van der Waals surface area (Å²) in [5.74, 6) is -1.13. The molecule has 2 aromatic rings. The molecule has 0 spiro atoms. The third-order valence-corrected chi connectivity index (χ3v) is 4.85. The quantitative estimate of drug-likeness (QED) is 0.735. The monoisotopic (exact) mass is 382 g/mol. The number of aliphatic carboxylic acids is 1. The zero-order valence-corrected chi connectivity index (χ0v) is 15.5. The van der Waals surface area contributed by atoms with Crippen LogP contribution in [-0.2, 0) is 11.3 Å². The van der Waals surface area contributed by atoms with Crippen molar-refractivity contribution >= 4 is 23.6 Å². The summed E-state index contributed by atoms with van der Waals surface area (Å²) in [5.41, 5.74) is 1.05. The summed E-state index contributed by atoms with van der Waals surface area (Å²) < 4.78 is 0. The van der Waals surface area contributed by atoms with Crippen molar-refractivity contribution in [2.45, 2.75) is 19.9 Å². The SMILES string of the molecule is CC1(C(=O)O)CCN(C(=O)NCc2cccc(NC(=O)c3ccncc3)c2)C1. The van der Waals surface area contributed by atoms with Crippen LogP contribution in [0.3, 0.4) is 0 Å². The van der Waals surface area contributed by atoms with E-state index in [1.165, 1.54) is 4.90 Å². The first-order chi connectivity index (χ1) is 13.4. The maximum absolute atomic E-state index is 12.3. The molecular formula is C20H22N4O4. The Bertz CT molecular complexity index is 887.